The first-order valence-electron chi connectivity index (χ1n) is 9.60. The molecule has 1 unspecified atom stereocenters. The van der Waals surface area contributed by atoms with Crippen LogP contribution in [-0.2, 0) is 14.2 Å². The number of imidazole rings is 1. The van der Waals surface area contributed by atoms with Gasteiger partial charge in [0.25, 0.3) is 0 Å². The van der Waals surface area contributed by atoms with Gasteiger partial charge >= 0.3 is 0 Å². The molecule has 0 saturated carbocycles. The van der Waals surface area contributed by atoms with Crippen molar-refractivity contribution in [2.45, 2.75) is 50.6 Å². The summed E-state index contributed by atoms with van der Waals surface area (Å²) < 4.78 is 20.8. The van der Waals surface area contributed by atoms with E-state index in [1.807, 2.05) is 38.1 Å². The summed E-state index contributed by atoms with van der Waals surface area (Å²) in [5, 5.41) is 9.54. The summed E-state index contributed by atoms with van der Waals surface area (Å²) in [6.07, 6.45) is 1.71. The summed E-state index contributed by atoms with van der Waals surface area (Å²) in [6, 6.07) is 8.06. The topological polar surface area (TPSA) is 118 Å². The molecule has 0 radical (unpaired) electrons. The standard InChI is InChI=1S/C20H23N5O4/c1-11-3-5-12(6-4-11)18-28-15-13(7-8-26)27-19(20(15,2)29-18)25-10-24-14-16(21)22-9-23-17(14)25/h3-6,9-10,13,15,18-19,26H,7-8H2,1-2H3,(H2,21,22,23)/t13-,15-,18?,19-,20-/m1/s1. The number of ether oxygens (including phenoxy) is 3. The fourth-order valence-electron chi connectivity index (χ4n) is 4.22. The van der Waals surface area contributed by atoms with Crippen LogP contribution in [0, 0.1) is 6.92 Å². The highest BCUT2D eigenvalue weighted by molar-refractivity contribution is 5.81. The van der Waals surface area contributed by atoms with E-state index < -0.39 is 18.1 Å². The number of aliphatic hydroxyl groups excluding tert-OH is 1. The van der Waals surface area contributed by atoms with Gasteiger partial charge in [-0.15, -0.1) is 0 Å². The van der Waals surface area contributed by atoms with Gasteiger partial charge in [-0.25, -0.2) is 15.0 Å². The number of fused-ring (bicyclic) bond motifs is 2. The van der Waals surface area contributed by atoms with Gasteiger partial charge < -0.3 is 25.1 Å². The van der Waals surface area contributed by atoms with E-state index in [1.54, 1.807) is 10.9 Å². The maximum absolute atomic E-state index is 9.54. The average molecular weight is 397 g/mol. The van der Waals surface area contributed by atoms with E-state index in [1.165, 1.54) is 11.9 Å². The molecule has 5 rings (SSSR count). The molecule has 0 bridgehead atoms. The molecule has 3 N–H and O–H groups in total. The Kier molecular flexibility index (Phi) is 4.28. The molecule has 2 aromatic heterocycles. The van der Waals surface area contributed by atoms with Crippen LogP contribution in [-0.4, -0.2) is 49.0 Å². The Labute approximate surface area is 167 Å². The highest BCUT2D eigenvalue weighted by atomic mass is 16.8. The second-order valence-electron chi connectivity index (χ2n) is 7.72. The molecule has 9 nitrogen and oxygen atoms in total. The molecular weight excluding hydrogens is 374 g/mol. The van der Waals surface area contributed by atoms with Crippen LogP contribution in [0.15, 0.2) is 36.9 Å². The second kappa shape index (κ2) is 6.74. The number of nitrogens with zero attached hydrogens (tertiary/aromatic N) is 4. The molecule has 4 heterocycles. The molecule has 152 valence electrons. The molecule has 0 aliphatic carbocycles. The predicted octanol–water partition coefficient (Wildman–Crippen LogP) is 1.87. The largest absolute Gasteiger partial charge is 0.396 e. The summed E-state index contributed by atoms with van der Waals surface area (Å²) in [7, 11) is 0. The Balaban J connectivity index is 1.54. The number of aliphatic hydroxyl groups is 1. The molecule has 2 aliphatic rings. The monoisotopic (exact) mass is 397 g/mol. The Morgan fingerprint density at radius 1 is 1.17 bits per heavy atom. The van der Waals surface area contributed by atoms with Crippen LogP contribution < -0.4 is 5.73 Å². The number of aryl methyl sites for hydroxylation is 1. The average Bonchev–Trinajstić information content (AvgIpc) is 3.35. The molecule has 3 aromatic rings. The first kappa shape index (κ1) is 18.4. The lowest BCUT2D eigenvalue weighted by atomic mass is 9.95. The van der Waals surface area contributed by atoms with Gasteiger partial charge in [-0.1, -0.05) is 29.8 Å². The van der Waals surface area contributed by atoms with Crippen LogP contribution in [0.1, 0.15) is 37.0 Å². The van der Waals surface area contributed by atoms with Crippen molar-refractivity contribution < 1.29 is 19.3 Å². The van der Waals surface area contributed by atoms with Gasteiger partial charge in [0.05, 0.1) is 12.4 Å². The van der Waals surface area contributed by atoms with E-state index in [4.69, 9.17) is 19.9 Å². The third kappa shape index (κ3) is 2.81. The van der Waals surface area contributed by atoms with Crippen LogP contribution >= 0.6 is 0 Å². The van der Waals surface area contributed by atoms with E-state index in [-0.39, 0.29) is 18.8 Å². The number of benzene rings is 1. The van der Waals surface area contributed by atoms with Gasteiger partial charge in [0, 0.05) is 12.2 Å². The minimum absolute atomic E-state index is 0.0116. The SMILES string of the molecule is Cc1ccc(C2O[C@@H]3[C@@H](CCO)O[C@@H](n4cnc5c(N)ncnc54)[C@]3(C)O2)cc1. The maximum atomic E-state index is 9.54. The smallest absolute Gasteiger partial charge is 0.185 e. The van der Waals surface area contributed by atoms with Crippen molar-refractivity contribution in [2.75, 3.05) is 12.3 Å². The molecule has 0 amide bonds. The van der Waals surface area contributed by atoms with Crippen LogP contribution in [0.25, 0.3) is 11.2 Å². The number of aromatic nitrogens is 4. The van der Waals surface area contributed by atoms with Gasteiger partial charge in [-0.05, 0) is 20.3 Å². The second-order valence-corrected chi connectivity index (χ2v) is 7.72. The summed E-state index contributed by atoms with van der Waals surface area (Å²) in [4.78, 5) is 12.7. The number of hydrogen-bond acceptors (Lipinski definition) is 8. The third-order valence-electron chi connectivity index (χ3n) is 5.73. The minimum Gasteiger partial charge on any atom is -0.396 e. The maximum Gasteiger partial charge on any atom is 0.185 e. The lowest BCUT2D eigenvalue weighted by molar-refractivity contribution is -0.171. The van der Waals surface area contributed by atoms with Crippen LogP contribution in [0.2, 0.25) is 0 Å². The number of hydrogen-bond donors (Lipinski definition) is 2. The van der Waals surface area contributed by atoms with Crippen LogP contribution in [0.3, 0.4) is 0 Å². The first-order valence-corrected chi connectivity index (χ1v) is 9.60. The Bertz CT molecular complexity index is 1040. The molecule has 9 heteroatoms. The quantitative estimate of drug-likeness (QED) is 0.685. The lowest BCUT2D eigenvalue weighted by Gasteiger charge is -2.28. The zero-order valence-corrected chi connectivity index (χ0v) is 16.2. The molecule has 2 saturated heterocycles. The lowest BCUT2D eigenvalue weighted by Crippen LogP contribution is -2.41. The van der Waals surface area contributed by atoms with Crippen molar-refractivity contribution in [1.82, 2.24) is 19.5 Å². The van der Waals surface area contributed by atoms with Gasteiger partial charge in [-0.3, -0.25) is 4.57 Å². The van der Waals surface area contributed by atoms with Crippen molar-refractivity contribution >= 4 is 17.0 Å². The van der Waals surface area contributed by atoms with Crippen molar-refractivity contribution in [3.05, 3.63) is 48.0 Å². The number of rotatable bonds is 4. The highest BCUT2D eigenvalue weighted by Crippen LogP contribution is 2.52. The summed E-state index contributed by atoms with van der Waals surface area (Å²) in [5.41, 5.74) is 8.31. The van der Waals surface area contributed by atoms with Gasteiger partial charge in [0.1, 0.15) is 23.5 Å². The van der Waals surface area contributed by atoms with Gasteiger partial charge in [-0.2, -0.15) is 0 Å². The van der Waals surface area contributed by atoms with E-state index in [0.29, 0.717) is 23.4 Å². The molecule has 5 atom stereocenters. The third-order valence-corrected chi connectivity index (χ3v) is 5.73. The van der Waals surface area contributed by atoms with E-state index in [0.717, 1.165) is 5.56 Å². The predicted molar refractivity (Wildman–Crippen MR) is 104 cm³/mol. The molecular formula is C20H23N5O4. The molecule has 29 heavy (non-hydrogen) atoms. The summed E-state index contributed by atoms with van der Waals surface area (Å²) in [5.74, 6) is 0.307. The molecule has 0 spiro atoms. The van der Waals surface area contributed by atoms with Gasteiger partial charge in [0.15, 0.2) is 24.0 Å². The van der Waals surface area contributed by atoms with Crippen LogP contribution in [0.4, 0.5) is 5.82 Å². The number of nitrogens with two attached hydrogens (primary N) is 1. The Morgan fingerprint density at radius 2 is 1.97 bits per heavy atom. The fraction of sp³-hybridized carbons (Fsp3) is 0.450. The van der Waals surface area contributed by atoms with Crippen molar-refractivity contribution in [2.24, 2.45) is 0 Å². The Hall–Kier alpha value is -2.59. The van der Waals surface area contributed by atoms with Crippen molar-refractivity contribution in [1.29, 1.82) is 0 Å². The Morgan fingerprint density at radius 3 is 2.72 bits per heavy atom. The minimum atomic E-state index is -0.803. The van der Waals surface area contributed by atoms with E-state index in [2.05, 4.69) is 15.0 Å². The summed E-state index contributed by atoms with van der Waals surface area (Å²) >= 11 is 0. The van der Waals surface area contributed by atoms with Crippen LogP contribution in [0.5, 0.6) is 0 Å². The van der Waals surface area contributed by atoms with Gasteiger partial charge in [0.2, 0.25) is 0 Å². The van der Waals surface area contributed by atoms with Crippen molar-refractivity contribution in [3.8, 4) is 0 Å². The number of anilines is 1. The molecule has 2 fully saturated rings. The first-order chi connectivity index (χ1) is 14.0. The zero-order chi connectivity index (χ0) is 20.2. The molecule has 1 aromatic carbocycles. The van der Waals surface area contributed by atoms with E-state index in [9.17, 15) is 5.11 Å². The highest BCUT2D eigenvalue weighted by Gasteiger charge is 2.62. The normalized spacial score (nSPS) is 31.4. The fourth-order valence-corrected chi connectivity index (χ4v) is 4.22. The molecule has 2 aliphatic heterocycles. The van der Waals surface area contributed by atoms with Crippen molar-refractivity contribution in [3.63, 3.8) is 0 Å². The summed E-state index contributed by atoms with van der Waals surface area (Å²) in [6.45, 7) is 3.99. The van der Waals surface area contributed by atoms with E-state index >= 15 is 0 Å². The number of nitrogen functional groups attached to an aromatic ring is 1. The zero-order valence-electron chi connectivity index (χ0n) is 16.2.